The maximum absolute atomic E-state index is 12.8. The molecular formula is C11H11FO2. The molecule has 0 aliphatic carbocycles. The summed E-state index contributed by atoms with van der Waals surface area (Å²) in [6.45, 7) is 1.94. The number of benzene rings is 1. The number of halogens is 1. The van der Waals surface area contributed by atoms with Crippen LogP contribution in [0.15, 0.2) is 30.1 Å². The molecule has 1 N–H and O–H groups in total. The Labute approximate surface area is 81.7 Å². The molecule has 0 saturated heterocycles. The standard InChI is InChI=1S/C11H11FO2/c1-2-8-5-3-4-6-9(8)7-10(12)11(13)14/h3-7H,2H2,1H3,(H,13,14). The Hall–Kier alpha value is -1.64. The van der Waals surface area contributed by atoms with Crippen molar-refractivity contribution in [2.45, 2.75) is 13.3 Å². The van der Waals surface area contributed by atoms with Crippen LogP contribution in [0.3, 0.4) is 0 Å². The van der Waals surface area contributed by atoms with Crippen LogP contribution < -0.4 is 0 Å². The summed E-state index contributed by atoms with van der Waals surface area (Å²) < 4.78 is 12.8. The second kappa shape index (κ2) is 4.56. The lowest BCUT2D eigenvalue weighted by atomic mass is 10.0. The van der Waals surface area contributed by atoms with Crippen LogP contribution in [0.1, 0.15) is 18.1 Å². The number of hydrogen-bond acceptors (Lipinski definition) is 1. The Bertz CT molecular complexity index is 369. The molecule has 0 saturated carbocycles. The van der Waals surface area contributed by atoms with Crippen molar-refractivity contribution in [2.24, 2.45) is 0 Å². The van der Waals surface area contributed by atoms with Gasteiger partial charge in [-0.1, -0.05) is 31.2 Å². The van der Waals surface area contributed by atoms with E-state index in [4.69, 9.17) is 5.11 Å². The molecule has 0 radical (unpaired) electrons. The molecule has 0 unspecified atom stereocenters. The molecule has 74 valence electrons. The number of carbonyl (C=O) groups is 1. The van der Waals surface area contributed by atoms with Crippen molar-refractivity contribution in [1.29, 1.82) is 0 Å². The van der Waals surface area contributed by atoms with Crippen molar-refractivity contribution < 1.29 is 14.3 Å². The molecule has 0 aromatic heterocycles. The van der Waals surface area contributed by atoms with Gasteiger partial charge < -0.3 is 5.11 Å². The Morgan fingerprint density at radius 1 is 1.50 bits per heavy atom. The number of hydrogen-bond donors (Lipinski definition) is 1. The van der Waals surface area contributed by atoms with E-state index in [1.54, 1.807) is 12.1 Å². The first-order valence-electron chi connectivity index (χ1n) is 4.33. The SMILES string of the molecule is CCc1ccccc1C=C(F)C(=O)O. The van der Waals surface area contributed by atoms with Gasteiger partial charge in [0.15, 0.2) is 0 Å². The Morgan fingerprint density at radius 3 is 2.71 bits per heavy atom. The fourth-order valence-corrected chi connectivity index (χ4v) is 1.20. The van der Waals surface area contributed by atoms with Crippen LogP contribution in [-0.4, -0.2) is 11.1 Å². The van der Waals surface area contributed by atoms with E-state index in [1.165, 1.54) is 0 Å². The van der Waals surface area contributed by atoms with Crippen LogP contribution in [-0.2, 0) is 11.2 Å². The number of aryl methyl sites for hydroxylation is 1. The largest absolute Gasteiger partial charge is 0.476 e. The highest BCUT2D eigenvalue weighted by molar-refractivity contribution is 5.89. The third kappa shape index (κ3) is 2.42. The molecule has 2 nitrogen and oxygen atoms in total. The van der Waals surface area contributed by atoms with Gasteiger partial charge in [0, 0.05) is 0 Å². The average molecular weight is 194 g/mol. The summed E-state index contributed by atoms with van der Waals surface area (Å²) in [6.07, 6.45) is 1.79. The molecule has 14 heavy (non-hydrogen) atoms. The topological polar surface area (TPSA) is 37.3 Å². The lowest BCUT2D eigenvalue weighted by Gasteiger charge is -2.01. The maximum Gasteiger partial charge on any atom is 0.364 e. The summed E-state index contributed by atoms with van der Waals surface area (Å²) in [5.74, 6) is -2.66. The van der Waals surface area contributed by atoms with Crippen LogP contribution >= 0.6 is 0 Å². The number of aliphatic carboxylic acids is 1. The predicted octanol–water partition coefficient (Wildman–Crippen LogP) is 2.64. The second-order valence-corrected chi connectivity index (χ2v) is 2.85. The molecule has 0 amide bonds. The van der Waals surface area contributed by atoms with Gasteiger partial charge in [-0.2, -0.15) is 4.39 Å². The van der Waals surface area contributed by atoms with Gasteiger partial charge in [-0.15, -0.1) is 0 Å². The van der Waals surface area contributed by atoms with Crippen molar-refractivity contribution in [3.05, 3.63) is 41.2 Å². The van der Waals surface area contributed by atoms with Gasteiger partial charge in [0.1, 0.15) is 0 Å². The Morgan fingerprint density at radius 2 is 2.14 bits per heavy atom. The highest BCUT2D eigenvalue weighted by atomic mass is 19.1. The van der Waals surface area contributed by atoms with E-state index in [1.807, 2.05) is 19.1 Å². The average Bonchev–Trinajstić information content (AvgIpc) is 2.18. The predicted molar refractivity (Wildman–Crippen MR) is 52.5 cm³/mol. The minimum atomic E-state index is -1.53. The van der Waals surface area contributed by atoms with E-state index in [9.17, 15) is 9.18 Å². The zero-order valence-electron chi connectivity index (χ0n) is 7.83. The van der Waals surface area contributed by atoms with Crippen molar-refractivity contribution in [3.63, 3.8) is 0 Å². The lowest BCUT2D eigenvalue weighted by molar-refractivity contribution is -0.134. The molecule has 0 fully saturated rings. The molecule has 0 aliphatic rings. The molecule has 0 heterocycles. The van der Waals surface area contributed by atoms with E-state index < -0.39 is 11.8 Å². The Balaban J connectivity index is 3.07. The fourth-order valence-electron chi connectivity index (χ4n) is 1.20. The van der Waals surface area contributed by atoms with Gasteiger partial charge in [0.25, 0.3) is 0 Å². The molecule has 0 spiro atoms. The van der Waals surface area contributed by atoms with Gasteiger partial charge in [0.05, 0.1) is 0 Å². The molecule has 3 heteroatoms. The van der Waals surface area contributed by atoms with Crippen LogP contribution in [0, 0.1) is 0 Å². The minimum Gasteiger partial charge on any atom is -0.476 e. The van der Waals surface area contributed by atoms with Crippen molar-refractivity contribution in [3.8, 4) is 0 Å². The highest BCUT2D eigenvalue weighted by Crippen LogP contribution is 2.14. The second-order valence-electron chi connectivity index (χ2n) is 2.85. The molecule has 1 rings (SSSR count). The van der Waals surface area contributed by atoms with Crippen molar-refractivity contribution in [1.82, 2.24) is 0 Å². The zero-order valence-corrected chi connectivity index (χ0v) is 7.83. The smallest absolute Gasteiger partial charge is 0.364 e. The van der Waals surface area contributed by atoms with Crippen LogP contribution in [0.4, 0.5) is 4.39 Å². The first-order chi connectivity index (χ1) is 6.65. The number of carboxylic acids is 1. The first-order valence-corrected chi connectivity index (χ1v) is 4.33. The zero-order chi connectivity index (χ0) is 10.6. The molecule has 0 atom stereocenters. The normalized spacial score (nSPS) is 11.4. The lowest BCUT2D eigenvalue weighted by Crippen LogP contribution is -1.95. The summed E-state index contributed by atoms with van der Waals surface area (Å²) in [6, 6.07) is 7.14. The molecule has 1 aromatic rings. The third-order valence-electron chi connectivity index (χ3n) is 1.92. The van der Waals surface area contributed by atoms with E-state index >= 15 is 0 Å². The molecule has 0 bridgehead atoms. The summed E-state index contributed by atoms with van der Waals surface area (Å²) >= 11 is 0. The minimum absolute atomic E-state index is 0.620. The monoisotopic (exact) mass is 194 g/mol. The van der Waals surface area contributed by atoms with Crippen LogP contribution in [0.25, 0.3) is 6.08 Å². The van der Waals surface area contributed by atoms with Crippen molar-refractivity contribution in [2.75, 3.05) is 0 Å². The third-order valence-corrected chi connectivity index (χ3v) is 1.92. The van der Waals surface area contributed by atoms with Crippen LogP contribution in [0.2, 0.25) is 0 Å². The van der Waals surface area contributed by atoms with E-state index in [-0.39, 0.29) is 0 Å². The first kappa shape index (κ1) is 10.4. The number of carboxylic acid groups (broad SMARTS) is 1. The fraction of sp³-hybridized carbons (Fsp3) is 0.182. The quantitative estimate of drug-likeness (QED) is 0.751. The van der Waals surface area contributed by atoms with E-state index in [0.717, 1.165) is 18.1 Å². The van der Waals surface area contributed by atoms with Crippen LogP contribution in [0.5, 0.6) is 0 Å². The summed E-state index contributed by atoms with van der Waals surface area (Å²) in [5.41, 5.74) is 1.55. The van der Waals surface area contributed by atoms with E-state index in [0.29, 0.717) is 5.56 Å². The van der Waals surface area contributed by atoms with Gasteiger partial charge >= 0.3 is 5.97 Å². The van der Waals surface area contributed by atoms with Gasteiger partial charge in [-0.25, -0.2) is 4.79 Å². The maximum atomic E-state index is 12.8. The van der Waals surface area contributed by atoms with Gasteiger partial charge in [-0.05, 0) is 23.6 Å². The Kier molecular flexibility index (Phi) is 3.40. The summed E-state index contributed by atoms with van der Waals surface area (Å²) in [4.78, 5) is 10.3. The summed E-state index contributed by atoms with van der Waals surface area (Å²) in [7, 11) is 0. The van der Waals surface area contributed by atoms with Gasteiger partial charge in [0.2, 0.25) is 5.83 Å². The van der Waals surface area contributed by atoms with Gasteiger partial charge in [-0.3, -0.25) is 0 Å². The summed E-state index contributed by atoms with van der Waals surface area (Å²) in [5, 5.41) is 8.36. The highest BCUT2D eigenvalue weighted by Gasteiger charge is 2.06. The molecule has 1 aromatic carbocycles. The molecular weight excluding hydrogens is 183 g/mol. The molecule has 0 aliphatic heterocycles. The number of rotatable bonds is 3. The van der Waals surface area contributed by atoms with Crippen molar-refractivity contribution >= 4 is 12.0 Å². The van der Waals surface area contributed by atoms with E-state index in [2.05, 4.69) is 0 Å².